The van der Waals surface area contributed by atoms with E-state index >= 15 is 0 Å². The molecule has 2 atom stereocenters. The number of ether oxygens (including phenoxy) is 2. The van der Waals surface area contributed by atoms with Crippen molar-refractivity contribution in [3.8, 4) is 0 Å². The largest absolute Gasteiger partial charge is 0.467 e. The number of rotatable bonds is 10. The first kappa shape index (κ1) is 25.5. The molecule has 0 aliphatic carbocycles. The van der Waals surface area contributed by atoms with Crippen molar-refractivity contribution >= 4 is 18.0 Å². The molecule has 2 N–H and O–H groups in total. The molecule has 0 spiro atoms. The van der Waals surface area contributed by atoms with Crippen LogP contribution in [0.5, 0.6) is 0 Å². The summed E-state index contributed by atoms with van der Waals surface area (Å²) in [5, 5.41) is 5.41. The van der Waals surface area contributed by atoms with Gasteiger partial charge in [0.15, 0.2) is 0 Å². The number of carbonyl (C=O) groups is 3. The van der Waals surface area contributed by atoms with Gasteiger partial charge >= 0.3 is 12.1 Å². The van der Waals surface area contributed by atoms with Crippen molar-refractivity contribution in [2.75, 3.05) is 7.11 Å². The topological polar surface area (TPSA) is 93.7 Å². The van der Waals surface area contributed by atoms with Crippen molar-refractivity contribution in [3.05, 3.63) is 107 Å². The van der Waals surface area contributed by atoms with E-state index in [-0.39, 0.29) is 19.4 Å². The van der Waals surface area contributed by atoms with Gasteiger partial charge < -0.3 is 20.1 Å². The van der Waals surface area contributed by atoms with Crippen LogP contribution < -0.4 is 10.6 Å². The lowest BCUT2D eigenvalue weighted by atomic mass is 10.00. The Hall–Kier alpha value is -4.13. The Morgan fingerprint density at radius 3 is 1.97 bits per heavy atom. The molecule has 0 heterocycles. The highest BCUT2D eigenvalue weighted by molar-refractivity contribution is 5.90. The maximum Gasteiger partial charge on any atom is 0.408 e. The molecule has 7 heteroatoms. The van der Waals surface area contributed by atoms with Crippen molar-refractivity contribution in [1.29, 1.82) is 0 Å². The molecule has 7 nitrogen and oxygen atoms in total. The zero-order chi connectivity index (χ0) is 25.0. The Bertz CT molecular complexity index is 1120. The molecular formula is C28H30N2O5. The number of hydrogen-bond donors (Lipinski definition) is 2. The molecule has 0 unspecified atom stereocenters. The number of benzene rings is 3. The van der Waals surface area contributed by atoms with Crippen LogP contribution in [0.3, 0.4) is 0 Å². The van der Waals surface area contributed by atoms with Gasteiger partial charge in [0.1, 0.15) is 18.7 Å². The second-order valence-corrected chi connectivity index (χ2v) is 8.16. The van der Waals surface area contributed by atoms with Crippen molar-refractivity contribution < 1.29 is 23.9 Å². The first-order valence-corrected chi connectivity index (χ1v) is 11.4. The van der Waals surface area contributed by atoms with Crippen molar-refractivity contribution in [2.24, 2.45) is 0 Å². The number of carbonyl (C=O) groups excluding carboxylic acids is 3. The van der Waals surface area contributed by atoms with Crippen LogP contribution in [0.1, 0.15) is 22.3 Å². The maximum absolute atomic E-state index is 13.3. The number of hydrogen-bond acceptors (Lipinski definition) is 5. The minimum Gasteiger partial charge on any atom is -0.467 e. The van der Waals surface area contributed by atoms with E-state index in [0.29, 0.717) is 0 Å². The summed E-state index contributed by atoms with van der Waals surface area (Å²) in [5.74, 6) is -1.07. The Balaban J connectivity index is 1.72. The van der Waals surface area contributed by atoms with Crippen LogP contribution in [0.15, 0.2) is 84.9 Å². The fraction of sp³-hybridized carbons (Fsp3) is 0.250. The summed E-state index contributed by atoms with van der Waals surface area (Å²) in [7, 11) is 1.28. The fourth-order valence-corrected chi connectivity index (χ4v) is 3.63. The molecule has 0 aromatic heterocycles. The average molecular weight is 475 g/mol. The van der Waals surface area contributed by atoms with E-state index < -0.39 is 30.1 Å². The average Bonchev–Trinajstić information content (AvgIpc) is 2.88. The summed E-state index contributed by atoms with van der Waals surface area (Å²) in [6.07, 6.45) is -0.231. The first-order valence-electron chi connectivity index (χ1n) is 11.4. The Kier molecular flexibility index (Phi) is 9.42. The van der Waals surface area contributed by atoms with Crippen LogP contribution in [-0.4, -0.2) is 37.2 Å². The van der Waals surface area contributed by atoms with Crippen LogP contribution in [0.4, 0.5) is 4.79 Å². The molecule has 35 heavy (non-hydrogen) atoms. The molecule has 0 bridgehead atoms. The third-order valence-corrected chi connectivity index (χ3v) is 5.59. The second-order valence-electron chi connectivity index (χ2n) is 8.16. The Morgan fingerprint density at radius 1 is 0.743 bits per heavy atom. The van der Waals surface area contributed by atoms with Crippen LogP contribution in [-0.2, 0) is 38.5 Å². The predicted octanol–water partition coefficient (Wildman–Crippen LogP) is 3.73. The number of nitrogens with one attached hydrogen (secondary N) is 2. The highest BCUT2D eigenvalue weighted by Gasteiger charge is 2.28. The minimum atomic E-state index is -0.954. The van der Waals surface area contributed by atoms with Gasteiger partial charge in [0, 0.05) is 12.8 Å². The predicted molar refractivity (Wildman–Crippen MR) is 133 cm³/mol. The molecule has 0 aliphatic rings. The van der Waals surface area contributed by atoms with E-state index in [1.54, 1.807) is 0 Å². The monoisotopic (exact) mass is 474 g/mol. The van der Waals surface area contributed by atoms with Crippen LogP contribution in [0, 0.1) is 6.92 Å². The van der Waals surface area contributed by atoms with Gasteiger partial charge in [-0.3, -0.25) is 4.79 Å². The maximum atomic E-state index is 13.3. The third kappa shape index (κ3) is 7.99. The van der Waals surface area contributed by atoms with Gasteiger partial charge in [-0.15, -0.1) is 0 Å². The molecule has 182 valence electrons. The van der Waals surface area contributed by atoms with Crippen molar-refractivity contribution in [3.63, 3.8) is 0 Å². The van der Waals surface area contributed by atoms with Crippen molar-refractivity contribution in [1.82, 2.24) is 10.6 Å². The van der Waals surface area contributed by atoms with Gasteiger partial charge in [0.2, 0.25) is 5.91 Å². The van der Waals surface area contributed by atoms with E-state index in [0.717, 1.165) is 22.3 Å². The number of aryl methyl sites for hydroxylation is 1. The molecule has 0 aliphatic heterocycles. The Morgan fingerprint density at radius 2 is 1.34 bits per heavy atom. The highest BCUT2D eigenvalue weighted by Crippen LogP contribution is 2.12. The number of methoxy groups -OCH3 is 1. The Labute approximate surface area is 205 Å². The van der Waals surface area contributed by atoms with Gasteiger partial charge in [-0.1, -0.05) is 84.9 Å². The lowest BCUT2D eigenvalue weighted by Gasteiger charge is -2.23. The minimum absolute atomic E-state index is 0.0738. The lowest BCUT2D eigenvalue weighted by Crippen LogP contribution is -2.53. The van der Waals surface area contributed by atoms with E-state index in [9.17, 15) is 14.4 Å². The summed E-state index contributed by atoms with van der Waals surface area (Å²) in [5.41, 5.74) is 3.59. The van der Waals surface area contributed by atoms with Crippen LogP contribution in [0.25, 0.3) is 0 Å². The summed E-state index contributed by atoms with van der Waals surface area (Å²) in [4.78, 5) is 38.3. The van der Waals surface area contributed by atoms with Gasteiger partial charge in [-0.05, 0) is 29.2 Å². The third-order valence-electron chi connectivity index (χ3n) is 5.59. The first-order chi connectivity index (χ1) is 17.0. The van der Waals surface area contributed by atoms with E-state index in [2.05, 4.69) is 10.6 Å². The van der Waals surface area contributed by atoms with Crippen molar-refractivity contribution in [2.45, 2.75) is 38.5 Å². The second kappa shape index (κ2) is 12.9. The van der Waals surface area contributed by atoms with E-state index in [4.69, 9.17) is 9.47 Å². The van der Waals surface area contributed by atoms with Crippen LogP contribution in [0.2, 0.25) is 0 Å². The van der Waals surface area contributed by atoms with Gasteiger partial charge in [-0.2, -0.15) is 0 Å². The standard InChI is InChI=1S/C28H30N2O5/c1-20-11-9-10-16-23(20)18-25(27(32)34-2)29-26(31)24(17-21-12-5-3-6-13-21)30-28(33)35-19-22-14-7-4-8-15-22/h3-16,24-25H,17-19H2,1-2H3,(H,29,31)(H,30,33)/t24-,25-/m1/s1. The molecule has 0 saturated heterocycles. The number of esters is 1. The molecule has 3 aromatic carbocycles. The fourth-order valence-electron chi connectivity index (χ4n) is 3.63. The van der Waals surface area contributed by atoms with Gasteiger partial charge in [0.25, 0.3) is 0 Å². The molecule has 3 rings (SSSR count). The van der Waals surface area contributed by atoms with Crippen LogP contribution >= 0.6 is 0 Å². The van der Waals surface area contributed by atoms with Gasteiger partial charge in [-0.25, -0.2) is 9.59 Å². The molecule has 0 saturated carbocycles. The summed E-state index contributed by atoms with van der Waals surface area (Å²) >= 11 is 0. The summed E-state index contributed by atoms with van der Waals surface area (Å²) in [6, 6.07) is 24.3. The summed E-state index contributed by atoms with van der Waals surface area (Å²) < 4.78 is 10.2. The van der Waals surface area contributed by atoms with E-state index in [1.165, 1.54) is 7.11 Å². The summed E-state index contributed by atoms with van der Waals surface area (Å²) in [6.45, 7) is 2.01. The smallest absolute Gasteiger partial charge is 0.408 e. The lowest BCUT2D eigenvalue weighted by molar-refractivity contribution is -0.145. The molecule has 3 aromatic rings. The van der Waals surface area contributed by atoms with E-state index in [1.807, 2.05) is 91.9 Å². The normalized spacial score (nSPS) is 12.2. The number of amides is 2. The zero-order valence-corrected chi connectivity index (χ0v) is 19.9. The quantitative estimate of drug-likeness (QED) is 0.437. The molecule has 2 amide bonds. The molecular weight excluding hydrogens is 444 g/mol. The zero-order valence-electron chi connectivity index (χ0n) is 19.9. The molecule has 0 fully saturated rings. The number of alkyl carbamates (subject to hydrolysis) is 1. The van der Waals surface area contributed by atoms with Gasteiger partial charge in [0.05, 0.1) is 7.11 Å². The SMILES string of the molecule is COC(=O)[C@@H](Cc1ccccc1C)NC(=O)[C@@H](Cc1ccccc1)NC(=O)OCc1ccccc1. The molecule has 0 radical (unpaired) electrons. The highest BCUT2D eigenvalue weighted by atomic mass is 16.5.